The summed E-state index contributed by atoms with van der Waals surface area (Å²) < 4.78 is 10.7. The van der Waals surface area contributed by atoms with Gasteiger partial charge in [-0.15, -0.1) is 0 Å². The summed E-state index contributed by atoms with van der Waals surface area (Å²) in [5.41, 5.74) is 0.770. The Bertz CT molecular complexity index is 675. The summed E-state index contributed by atoms with van der Waals surface area (Å²) in [6.45, 7) is 3.57. The quantitative estimate of drug-likeness (QED) is 0.834. The van der Waals surface area contributed by atoms with Gasteiger partial charge in [0, 0.05) is 37.3 Å². The van der Waals surface area contributed by atoms with E-state index in [0.717, 1.165) is 25.1 Å². The molecular weight excluding hydrogens is 308 g/mol. The molecule has 2 amide bonds. The maximum absolute atomic E-state index is 12.8. The van der Waals surface area contributed by atoms with E-state index < -0.39 is 0 Å². The van der Waals surface area contributed by atoms with Crippen molar-refractivity contribution in [3.05, 3.63) is 18.2 Å². The zero-order valence-corrected chi connectivity index (χ0v) is 13.9. The summed E-state index contributed by atoms with van der Waals surface area (Å²) in [6, 6.07) is 5.76. The molecule has 4 rings (SSSR count). The van der Waals surface area contributed by atoms with Crippen LogP contribution in [0.15, 0.2) is 18.2 Å². The van der Waals surface area contributed by atoms with Gasteiger partial charge in [0.15, 0.2) is 11.5 Å². The van der Waals surface area contributed by atoms with Crippen LogP contribution in [0.2, 0.25) is 0 Å². The third kappa shape index (κ3) is 2.60. The predicted octanol–water partition coefficient (Wildman–Crippen LogP) is 2.17. The van der Waals surface area contributed by atoms with Crippen LogP contribution in [0.3, 0.4) is 0 Å². The van der Waals surface area contributed by atoms with Gasteiger partial charge < -0.3 is 19.3 Å². The minimum atomic E-state index is -0.247. The Hall–Kier alpha value is -2.24. The largest absolute Gasteiger partial charge is 0.454 e. The summed E-state index contributed by atoms with van der Waals surface area (Å²) in [5.74, 6) is 1.22. The van der Waals surface area contributed by atoms with E-state index >= 15 is 0 Å². The summed E-state index contributed by atoms with van der Waals surface area (Å²) in [6.07, 6.45) is 3.58. The molecule has 1 aromatic rings. The first kappa shape index (κ1) is 15.3. The zero-order chi connectivity index (χ0) is 16.7. The van der Waals surface area contributed by atoms with Crippen LogP contribution in [0.5, 0.6) is 11.5 Å². The van der Waals surface area contributed by atoms with E-state index in [1.54, 1.807) is 4.90 Å². The Labute approximate surface area is 141 Å². The smallest absolute Gasteiger partial charge is 0.231 e. The highest BCUT2D eigenvalue weighted by molar-refractivity contribution is 6.00. The van der Waals surface area contributed by atoms with Crippen molar-refractivity contribution in [1.29, 1.82) is 0 Å². The van der Waals surface area contributed by atoms with Crippen molar-refractivity contribution in [2.24, 2.45) is 5.92 Å². The second-order valence-corrected chi connectivity index (χ2v) is 6.82. The third-order valence-corrected chi connectivity index (χ3v) is 5.23. The third-order valence-electron chi connectivity index (χ3n) is 5.23. The van der Waals surface area contributed by atoms with Crippen molar-refractivity contribution in [1.82, 2.24) is 4.90 Å². The van der Waals surface area contributed by atoms with Gasteiger partial charge in [0.2, 0.25) is 18.6 Å². The Balaban J connectivity index is 1.49. The van der Waals surface area contributed by atoms with Crippen molar-refractivity contribution in [3.8, 4) is 11.5 Å². The number of ether oxygens (including phenoxy) is 2. The van der Waals surface area contributed by atoms with Gasteiger partial charge in [-0.05, 0) is 38.3 Å². The molecule has 2 fully saturated rings. The lowest BCUT2D eigenvalue weighted by molar-refractivity contribution is -0.139. The van der Waals surface area contributed by atoms with Crippen LogP contribution in [-0.2, 0) is 9.59 Å². The molecule has 0 N–H and O–H groups in total. The molecule has 3 aliphatic heterocycles. The van der Waals surface area contributed by atoms with Gasteiger partial charge in [0.1, 0.15) is 0 Å². The highest BCUT2D eigenvalue weighted by atomic mass is 16.7. The van der Waals surface area contributed by atoms with E-state index in [1.165, 1.54) is 6.42 Å². The molecule has 0 aliphatic carbocycles. The number of rotatable bonds is 2. The van der Waals surface area contributed by atoms with E-state index in [-0.39, 0.29) is 37.0 Å². The average Bonchev–Trinajstić information content (AvgIpc) is 3.20. The Morgan fingerprint density at radius 3 is 2.88 bits per heavy atom. The molecule has 3 heterocycles. The van der Waals surface area contributed by atoms with Gasteiger partial charge in [0.05, 0.1) is 5.92 Å². The number of carbonyl (C=O) groups excluding carboxylic acids is 2. The molecule has 6 heteroatoms. The van der Waals surface area contributed by atoms with E-state index in [0.29, 0.717) is 18.0 Å². The van der Waals surface area contributed by atoms with Gasteiger partial charge in [-0.1, -0.05) is 0 Å². The highest BCUT2D eigenvalue weighted by Crippen LogP contribution is 2.37. The molecule has 24 heavy (non-hydrogen) atoms. The first-order chi connectivity index (χ1) is 11.6. The fourth-order valence-electron chi connectivity index (χ4n) is 3.84. The minimum absolute atomic E-state index is 0.00289. The molecule has 0 saturated carbocycles. The van der Waals surface area contributed by atoms with Crippen LogP contribution in [-0.4, -0.2) is 42.6 Å². The maximum atomic E-state index is 12.8. The molecule has 2 atom stereocenters. The molecule has 0 aromatic heterocycles. The maximum Gasteiger partial charge on any atom is 0.231 e. The van der Waals surface area contributed by atoms with Gasteiger partial charge in [-0.3, -0.25) is 9.59 Å². The topological polar surface area (TPSA) is 59.1 Å². The number of hydrogen-bond donors (Lipinski definition) is 0. The SMILES string of the molecule is CC1CCCCN1C(=O)C1CC(=O)N(c2ccc3c(c2)OCO3)C1. The van der Waals surface area contributed by atoms with E-state index in [1.807, 2.05) is 23.1 Å². The first-order valence-corrected chi connectivity index (χ1v) is 8.64. The number of anilines is 1. The minimum Gasteiger partial charge on any atom is -0.454 e. The number of amides is 2. The summed E-state index contributed by atoms with van der Waals surface area (Å²) in [5, 5.41) is 0. The summed E-state index contributed by atoms with van der Waals surface area (Å²) in [7, 11) is 0. The van der Waals surface area contributed by atoms with Crippen LogP contribution < -0.4 is 14.4 Å². The van der Waals surface area contributed by atoms with Crippen molar-refractivity contribution in [2.75, 3.05) is 24.8 Å². The number of likely N-dealkylation sites (tertiary alicyclic amines) is 1. The standard InChI is InChI=1S/C18H22N2O4/c1-12-4-2-3-7-19(12)18(22)13-8-17(21)20(10-13)14-5-6-15-16(9-14)24-11-23-15/h5-6,9,12-13H,2-4,7-8,10-11H2,1H3. The molecule has 0 radical (unpaired) electrons. The van der Waals surface area contributed by atoms with E-state index in [4.69, 9.17) is 9.47 Å². The normalized spacial score (nSPS) is 26.1. The van der Waals surface area contributed by atoms with Crippen LogP contribution in [0.1, 0.15) is 32.6 Å². The molecular formula is C18H22N2O4. The lowest BCUT2D eigenvalue weighted by Crippen LogP contribution is -2.45. The number of piperidine rings is 1. The Morgan fingerprint density at radius 2 is 2.04 bits per heavy atom. The highest BCUT2D eigenvalue weighted by Gasteiger charge is 2.39. The van der Waals surface area contributed by atoms with Crippen molar-refractivity contribution >= 4 is 17.5 Å². The molecule has 3 aliphatic rings. The number of carbonyl (C=O) groups is 2. The second kappa shape index (κ2) is 6.00. The fourth-order valence-corrected chi connectivity index (χ4v) is 3.84. The Morgan fingerprint density at radius 1 is 1.21 bits per heavy atom. The molecule has 6 nitrogen and oxygen atoms in total. The zero-order valence-electron chi connectivity index (χ0n) is 13.9. The van der Waals surface area contributed by atoms with Gasteiger partial charge in [-0.2, -0.15) is 0 Å². The van der Waals surface area contributed by atoms with Gasteiger partial charge in [0.25, 0.3) is 0 Å². The molecule has 1 aromatic carbocycles. The van der Waals surface area contributed by atoms with Crippen molar-refractivity contribution in [2.45, 2.75) is 38.6 Å². The average molecular weight is 330 g/mol. The molecule has 128 valence electrons. The summed E-state index contributed by atoms with van der Waals surface area (Å²) >= 11 is 0. The van der Waals surface area contributed by atoms with Crippen molar-refractivity contribution in [3.63, 3.8) is 0 Å². The second-order valence-electron chi connectivity index (χ2n) is 6.82. The van der Waals surface area contributed by atoms with Crippen LogP contribution in [0, 0.1) is 5.92 Å². The molecule has 2 unspecified atom stereocenters. The number of fused-ring (bicyclic) bond motifs is 1. The fraction of sp³-hybridized carbons (Fsp3) is 0.556. The molecule has 0 spiro atoms. The van der Waals surface area contributed by atoms with E-state index in [9.17, 15) is 9.59 Å². The van der Waals surface area contributed by atoms with Crippen LogP contribution >= 0.6 is 0 Å². The number of nitrogens with zero attached hydrogens (tertiary/aromatic N) is 2. The monoisotopic (exact) mass is 330 g/mol. The van der Waals surface area contributed by atoms with Crippen LogP contribution in [0.4, 0.5) is 5.69 Å². The van der Waals surface area contributed by atoms with Gasteiger partial charge >= 0.3 is 0 Å². The van der Waals surface area contributed by atoms with E-state index in [2.05, 4.69) is 6.92 Å². The van der Waals surface area contributed by atoms with Gasteiger partial charge in [-0.25, -0.2) is 0 Å². The van der Waals surface area contributed by atoms with Crippen molar-refractivity contribution < 1.29 is 19.1 Å². The Kier molecular flexibility index (Phi) is 3.82. The first-order valence-electron chi connectivity index (χ1n) is 8.64. The predicted molar refractivity (Wildman–Crippen MR) is 88.1 cm³/mol. The lowest BCUT2D eigenvalue weighted by atomic mass is 9.99. The molecule has 2 saturated heterocycles. The number of benzene rings is 1. The molecule has 0 bridgehead atoms. The summed E-state index contributed by atoms with van der Waals surface area (Å²) in [4.78, 5) is 28.9. The van der Waals surface area contributed by atoms with Crippen LogP contribution in [0.25, 0.3) is 0 Å². The lowest BCUT2D eigenvalue weighted by Gasteiger charge is -2.35. The number of hydrogen-bond acceptors (Lipinski definition) is 4.